The molecule has 3 aromatic carbocycles. The molecule has 0 aliphatic rings. The average molecular weight is 573 g/mol. The van der Waals surface area contributed by atoms with Crippen molar-refractivity contribution < 1.29 is 18.0 Å². The monoisotopic (exact) mass is 571 g/mol. The van der Waals surface area contributed by atoms with Gasteiger partial charge in [-0.2, -0.15) is 0 Å². The Morgan fingerprint density at radius 3 is 2.17 bits per heavy atom. The van der Waals surface area contributed by atoms with Gasteiger partial charge in [-0.15, -0.1) is 0 Å². The highest BCUT2D eigenvalue weighted by Gasteiger charge is 2.32. The van der Waals surface area contributed by atoms with E-state index in [0.29, 0.717) is 5.69 Å². The summed E-state index contributed by atoms with van der Waals surface area (Å²) in [5, 5.41) is 2.58. The van der Waals surface area contributed by atoms with Crippen LogP contribution in [0.15, 0.2) is 82.2 Å². The van der Waals surface area contributed by atoms with E-state index in [0.717, 1.165) is 25.5 Å². The number of sulfonamides is 1. The average Bonchev–Trinajstić information content (AvgIpc) is 2.86. The summed E-state index contributed by atoms with van der Waals surface area (Å²) in [6.45, 7) is 5.04. The molecule has 0 aliphatic carbocycles. The second kappa shape index (κ2) is 11.7. The van der Waals surface area contributed by atoms with Gasteiger partial charge in [0.2, 0.25) is 11.8 Å². The molecule has 1 N–H and O–H groups in total. The standard InChI is InChI=1S/C27H30BrN3O4S/c1-19-8-14-25(15-9-19)36(34,35)31(24-7-5-6-20(2)16-24)18-26(32)30(21(3)27(33)29-4)17-22-10-12-23(28)13-11-22/h5-16,21H,17-18H2,1-4H3,(H,29,33)/t21-/m0/s1. The first-order valence-corrected chi connectivity index (χ1v) is 13.7. The van der Waals surface area contributed by atoms with Gasteiger partial charge in [-0.25, -0.2) is 8.42 Å². The molecule has 7 nitrogen and oxygen atoms in total. The van der Waals surface area contributed by atoms with E-state index in [1.807, 2.05) is 44.2 Å². The zero-order valence-corrected chi connectivity index (χ0v) is 23.1. The van der Waals surface area contributed by atoms with Gasteiger partial charge in [0.25, 0.3) is 10.0 Å². The Kier molecular flexibility index (Phi) is 8.92. The molecular formula is C27H30BrN3O4S. The predicted octanol–water partition coefficient (Wildman–Crippen LogP) is 4.42. The van der Waals surface area contributed by atoms with E-state index in [2.05, 4.69) is 21.2 Å². The van der Waals surface area contributed by atoms with Crippen molar-refractivity contribution in [2.45, 2.75) is 38.3 Å². The van der Waals surface area contributed by atoms with Gasteiger partial charge in [0, 0.05) is 18.1 Å². The van der Waals surface area contributed by atoms with Gasteiger partial charge in [0.05, 0.1) is 10.6 Å². The van der Waals surface area contributed by atoms with Crippen molar-refractivity contribution in [2.24, 2.45) is 0 Å². The Morgan fingerprint density at radius 1 is 0.944 bits per heavy atom. The Hall–Kier alpha value is -3.17. The molecule has 0 spiro atoms. The quantitative estimate of drug-likeness (QED) is 0.411. The number of aryl methyl sites for hydroxylation is 2. The number of hydrogen-bond acceptors (Lipinski definition) is 4. The van der Waals surface area contributed by atoms with Crippen molar-refractivity contribution in [3.63, 3.8) is 0 Å². The summed E-state index contributed by atoms with van der Waals surface area (Å²) in [6, 6.07) is 20.1. The first-order valence-electron chi connectivity index (χ1n) is 11.4. The molecule has 0 heterocycles. The largest absolute Gasteiger partial charge is 0.357 e. The molecule has 3 rings (SSSR count). The van der Waals surface area contributed by atoms with Crippen LogP contribution in [0.5, 0.6) is 0 Å². The first kappa shape index (κ1) is 27.4. The molecule has 3 aromatic rings. The van der Waals surface area contributed by atoms with Crippen LogP contribution in [0.2, 0.25) is 0 Å². The highest BCUT2D eigenvalue weighted by Crippen LogP contribution is 2.26. The number of anilines is 1. The Balaban J connectivity index is 2.02. The number of benzene rings is 3. The molecule has 2 amide bonds. The number of hydrogen-bond donors (Lipinski definition) is 1. The SMILES string of the molecule is CNC(=O)[C@H](C)N(Cc1ccc(Br)cc1)C(=O)CN(c1cccc(C)c1)S(=O)(=O)c1ccc(C)cc1. The summed E-state index contributed by atoms with van der Waals surface area (Å²) >= 11 is 3.40. The highest BCUT2D eigenvalue weighted by atomic mass is 79.9. The summed E-state index contributed by atoms with van der Waals surface area (Å²) in [5.41, 5.74) is 2.97. The Labute approximate surface area is 221 Å². The van der Waals surface area contributed by atoms with Crippen LogP contribution in [0.1, 0.15) is 23.6 Å². The van der Waals surface area contributed by atoms with Crippen LogP contribution in [0.25, 0.3) is 0 Å². The van der Waals surface area contributed by atoms with Crippen LogP contribution in [0.3, 0.4) is 0 Å². The van der Waals surface area contributed by atoms with Crippen molar-refractivity contribution in [1.82, 2.24) is 10.2 Å². The van der Waals surface area contributed by atoms with Crippen molar-refractivity contribution in [1.29, 1.82) is 0 Å². The highest BCUT2D eigenvalue weighted by molar-refractivity contribution is 9.10. The van der Waals surface area contributed by atoms with Crippen LogP contribution in [-0.4, -0.2) is 44.8 Å². The Bertz CT molecular complexity index is 1330. The number of rotatable bonds is 9. The zero-order chi connectivity index (χ0) is 26.5. The number of nitrogens with zero attached hydrogens (tertiary/aromatic N) is 2. The fraction of sp³-hybridized carbons (Fsp3) is 0.259. The number of likely N-dealkylation sites (N-methyl/N-ethyl adjacent to an activating group) is 1. The second-order valence-electron chi connectivity index (χ2n) is 8.60. The number of amides is 2. The van der Waals surface area contributed by atoms with E-state index in [-0.39, 0.29) is 17.3 Å². The summed E-state index contributed by atoms with van der Waals surface area (Å²) < 4.78 is 29.5. The predicted molar refractivity (Wildman–Crippen MR) is 145 cm³/mol. The van der Waals surface area contributed by atoms with E-state index < -0.39 is 28.5 Å². The maximum absolute atomic E-state index is 13.7. The van der Waals surface area contributed by atoms with E-state index in [1.165, 1.54) is 24.1 Å². The van der Waals surface area contributed by atoms with Crippen LogP contribution in [0.4, 0.5) is 5.69 Å². The molecule has 0 aliphatic heterocycles. The number of carbonyl (C=O) groups excluding carboxylic acids is 2. The lowest BCUT2D eigenvalue weighted by Crippen LogP contribution is -2.50. The topological polar surface area (TPSA) is 86.8 Å². The van der Waals surface area contributed by atoms with Gasteiger partial charge in [-0.3, -0.25) is 13.9 Å². The van der Waals surface area contributed by atoms with Gasteiger partial charge in [-0.05, 0) is 68.3 Å². The minimum absolute atomic E-state index is 0.0845. The summed E-state index contributed by atoms with van der Waals surface area (Å²) in [4.78, 5) is 27.7. The molecule has 36 heavy (non-hydrogen) atoms. The van der Waals surface area contributed by atoms with Gasteiger partial charge < -0.3 is 10.2 Å². The summed E-state index contributed by atoms with van der Waals surface area (Å²) in [6.07, 6.45) is 0. The lowest BCUT2D eigenvalue weighted by Gasteiger charge is -2.32. The molecular weight excluding hydrogens is 542 g/mol. The molecule has 0 radical (unpaired) electrons. The molecule has 190 valence electrons. The Morgan fingerprint density at radius 2 is 1.58 bits per heavy atom. The van der Waals surface area contributed by atoms with Crippen LogP contribution in [0, 0.1) is 13.8 Å². The molecule has 1 atom stereocenters. The molecule has 0 fully saturated rings. The lowest BCUT2D eigenvalue weighted by molar-refractivity contribution is -0.139. The minimum Gasteiger partial charge on any atom is -0.357 e. The van der Waals surface area contributed by atoms with E-state index in [4.69, 9.17) is 0 Å². The van der Waals surface area contributed by atoms with Gasteiger partial charge >= 0.3 is 0 Å². The third kappa shape index (κ3) is 6.53. The second-order valence-corrected chi connectivity index (χ2v) is 11.4. The van der Waals surface area contributed by atoms with Crippen molar-refractivity contribution >= 4 is 43.5 Å². The number of halogens is 1. The van der Waals surface area contributed by atoms with Gasteiger partial charge in [0.1, 0.15) is 12.6 Å². The first-order chi connectivity index (χ1) is 17.0. The van der Waals surface area contributed by atoms with E-state index >= 15 is 0 Å². The summed E-state index contributed by atoms with van der Waals surface area (Å²) in [7, 11) is -2.57. The molecule has 0 unspecified atom stereocenters. The lowest BCUT2D eigenvalue weighted by atomic mass is 10.1. The van der Waals surface area contributed by atoms with Crippen molar-refractivity contribution in [3.8, 4) is 0 Å². The molecule has 0 saturated carbocycles. The van der Waals surface area contributed by atoms with Crippen molar-refractivity contribution in [2.75, 3.05) is 17.9 Å². The number of nitrogens with one attached hydrogen (secondary N) is 1. The smallest absolute Gasteiger partial charge is 0.264 e. The zero-order valence-electron chi connectivity index (χ0n) is 20.7. The normalized spacial score (nSPS) is 12.0. The number of carbonyl (C=O) groups is 2. The fourth-order valence-corrected chi connectivity index (χ4v) is 5.40. The third-order valence-corrected chi connectivity index (χ3v) is 8.17. The van der Waals surface area contributed by atoms with Gasteiger partial charge in [0.15, 0.2) is 0 Å². The van der Waals surface area contributed by atoms with Crippen molar-refractivity contribution in [3.05, 3.63) is 94.0 Å². The molecule has 0 saturated heterocycles. The minimum atomic E-state index is -4.07. The molecule has 9 heteroatoms. The molecule has 0 bridgehead atoms. The maximum atomic E-state index is 13.7. The maximum Gasteiger partial charge on any atom is 0.264 e. The van der Waals surface area contributed by atoms with E-state index in [9.17, 15) is 18.0 Å². The van der Waals surface area contributed by atoms with Crippen LogP contribution < -0.4 is 9.62 Å². The third-order valence-electron chi connectivity index (χ3n) is 5.86. The van der Waals surface area contributed by atoms with Crippen LogP contribution >= 0.6 is 15.9 Å². The fourth-order valence-electron chi connectivity index (χ4n) is 3.73. The van der Waals surface area contributed by atoms with Gasteiger partial charge in [-0.1, -0.05) is 57.9 Å². The van der Waals surface area contributed by atoms with E-state index in [1.54, 1.807) is 37.3 Å². The van der Waals surface area contributed by atoms with Crippen LogP contribution in [-0.2, 0) is 26.2 Å². The summed E-state index contributed by atoms with van der Waals surface area (Å²) in [5.74, 6) is -0.838. The molecule has 0 aromatic heterocycles.